The van der Waals surface area contributed by atoms with E-state index in [4.69, 9.17) is 4.74 Å². The molecule has 2 rings (SSSR count). The van der Waals surface area contributed by atoms with Crippen LogP contribution in [-0.2, 0) is 11.2 Å². The molecule has 0 bridgehead atoms. The summed E-state index contributed by atoms with van der Waals surface area (Å²) in [6.07, 6.45) is 1.92. The molecule has 0 aliphatic rings. The molecule has 2 aromatic rings. The van der Waals surface area contributed by atoms with Crippen molar-refractivity contribution in [1.82, 2.24) is 4.98 Å². The highest BCUT2D eigenvalue weighted by atomic mass is 16.6. The Bertz CT molecular complexity index is 704. The third-order valence-corrected chi connectivity index (χ3v) is 3.03. The van der Waals surface area contributed by atoms with Crippen molar-refractivity contribution in [2.75, 3.05) is 0 Å². The molecule has 5 nitrogen and oxygen atoms in total. The Morgan fingerprint density at radius 2 is 1.91 bits per heavy atom. The monoisotopic (exact) mass is 312 g/mol. The van der Waals surface area contributed by atoms with E-state index in [1.54, 1.807) is 12.1 Å². The molecule has 0 atom stereocenters. The Morgan fingerprint density at radius 3 is 2.52 bits per heavy atom. The first kappa shape index (κ1) is 16.7. The molecule has 1 aromatic carbocycles. The molecular formula is C18H20N2O3. The van der Waals surface area contributed by atoms with Crippen LogP contribution in [0.3, 0.4) is 0 Å². The summed E-state index contributed by atoms with van der Waals surface area (Å²) in [6, 6.07) is 12.8. The van der Waals surface area contributed by atoms with E-state index in [1.165, 1.54) is 6.20 Å². The third-order valence-electron chi connectivity index (χ3n) is 3.03. The van der Waals surface area contributed by atoms with Gasteiger partial charge in [0, 0.05) is 12.6 Å². The molecular weight excluding hydrogens is 292 g/mol. The fourth-order valence-corrected chi connectivity index (χ4v) is 2.02. The number of carbonyl (C=O) groups excluding carboxylic acids is 1. The second-order valence-electron chi connectivity index (χ2n) is 6.14. The van der Waals surface area contributed by atoms with Crippen LogP contribution in [0.1, 0.15) is 42.4 Å². The van der Waals surface area contributed by atoms with Crippen molar-refractivity contribution in [1.29, 1.82) is 0 Å². The average Bonchev–Trinajstić information content (AvgIpc) is 2.52. The van der Waals surface area contributed by atoms with Gasteiger partial charge >= 0.3 is 5.97 Å². The lowest BCUT2D eigenvalue weighted by Crippen LogP contribution is -2.24. The van der Waals surface area contributed by atoms with Gasteiger partial charge in [-0.1, -0.05) is 35.5 Å². The molecule has 0 amide bonds. The fourth-order valence-electron chi connectivity index (χ4n) is 2.02. The molecule has 0 radical (unpaired) electrons. The van der Waals surface area contributed by atoms with Crippen molar-refractivity contribution in [3.63, 3.8) is 0 Å². The summed E-state index contributed by atoms with van der Waals surface area (Å²) in [6.45, 7) is 5.43. The summed E-state index contributed by atoms with van der Waals surface area (Å²) < 4.78 is 5.34. The van der Waals surface area contributed by atoms with E-state index < -0.39 is 11.6 Å². The van der Waals surface area contributed by atoms with Gasteiger partial charge in [0.2, 0.25) is 0 Å². The highest BCUT2D eigenvalue weighted by Gasteiger charge is 2.19. The van der Waals surface area contributed by atoms with Crippen LogP contribution < -0.4 is 0 Å². The van der Waals surface area contributed by atoms with Gasteiger partial charge in [-0.2, -0.15) is 0 Å². The number of benzene rings is 1. The van der Waals surface area contributed by atoms with Crippen LogP contribution in [0.5, 0.6) is 0 Å². The number of rotatable bonds is 4. The fraction of sp³-hybridized carbons (Fsp3) is 0.278. The molecule has 0 fully saturated rings. The second-order valence-corrected chi connectivity index (χ2v) is 6.14. The maximum atomic E-state index is 12.1. The number of aromatic nitrogens is 1. The number of pyridine rings is 1. The molecule has 23 heavy (non-hydrogen) atoms. The van der Waals surface area contributed by atoms with Crippen molar-refractivity contribution >= 4 is 11.7 Å². The zero-order chi connectivity index (χ0) is 16.9. The Hall–Kier alpha value is -2.69. The zero-order valence-electron chi connectivity index (χ0n) is 13.5. The first-order valence-corrected chi connectivity index (χ1v) is 7.33. The van der Waals surface area contributed by atoms with Crippen LogP contribution >= 0.6 is 0 Å². The number of oxime groups is 1. The molecule has 1 aromatic heterocycles. The van der Waals surface area contributed by atoms with Gasteiger partial charge in [0.1, 0.15) is 11.3 Å². The van der Waals surface area contributed by atoms with Crippen molar-refractivity contribution in [2.45, 2.75) is 32.8 Å². The van der Waals surface area contributed by atoms with Crippen LogP contribution in [0.15, 0.2) is 53.8 Å². The lowest BCUT2D eigenvalue weighted by molar-refractivity contribution is 0.00693. The van der Waals surface area contributed by atoms with Gasteiger partial charge < -0.3 is 9.94 Å². The van der Waals surface area contributed by atoms with Crippen molar-refractivity contribution in [2.24, 2.45) is 5.16 Å². The summed E-state index contributed by atoms with van der Waals surface area (Å²) in [4.78, 5) is 16.3. The van der Waals surface area contributed by atoms with Gasteiger partial charge in [0.05, 0.1) is 11.3 Å². The average molecular weight is 312 g/mol. The van der Waals surface area contributed by atoms with Crippen LogP contribution in [0.4, 0.5) is 0 Å². The standard InChI is InChI=1S/C18H20N2O3/c1-18(2,3)23-17(21)14-9-10-19-15(12-14)16(20-22)11-13-7-5-4-6-8-13/h4-10,12,22H,11H2,1-3H3/b20-16+. The largest absolute Gasteiger partial charge is 0.456 e. The molecule has 0 saturated heterocycles. The lowest BCUT2D eigenvalue weighted by Gasteiger charge is -2.19. The van der Waals surface area contributed by atoms with Gasteiger partial charge in [0.15, 0.2) is 0 Å². The molecule has 0 saturated carbocycles. The van der Waals surface area contributed by atoms with E-state index in [-0.39, 0.29) is 0 Å². The van der Waals surface area contributed by atoms with E-state index in [0.29, 0.717) is 23.4 Å². The van der Waals surface area contributed by atoms with Gasteiger partial charge in [0.25, 0.3) is 0 Å². The van der Waals surface area contributed by atoms with Crippen LogP contribution in [-0.4, -0.2) is 27.5 Å². The zero-order valence-corrected chi connectivity index (χ0v) is 13.5. The van der Waals surface area contributed by atoms with E-state index in [0.717, 1.165) is 5.56 Å². The minimum absolute atomic E-state index is 0.374. The molecule has 5 heteroatoms. The summed E-state index contributed by atoms with van der Waals surface area (Å²) in [7, 11) is 0. The molecule has 120 valence electrons. The number of hydrogen-bond donors (Lipinski definition) is 1. The molecule has 0 aliphatic heterocycles. The number of ether oxygens (including phenoxy) is 1. The normalized spacial score (nSPS) is 12.0. The number of esters is 1. The van der Waals surface area contributed by atoms with Crippen molar-refractivity contribution in [3.05, 3.63) is 65.5 Å². The minimum Gasteiger partial charge on any atom is -0.456 e. The SMILES string of the molecule is CC(C)(C)OC(=O)c1ccnc(/C(Cc2ccccc2)=N/O)c1. The van der Waals surface area contributed by atoms with Gasteiger partial charge in [-0.25, -0.2) is 4.79 Å². The highest BCUT2D eigenvalue weighted by Crippen LogP contribution is 2.14. The molecule has 0 spiro atoms. The van der Waals surface area contributed by atoms with Crippen LogP contribution in [0.2, 0.25) is 0 Å². The maximum Gasteiger partial charge on any atom is 0.338 e. The van der Waals surface area contributed by atoms with Crippen molar-refractivity contribution in [3.8, 4) is 0 Å². The number of hydrogen-bond acceptors (Lipinski definition) is 5. The Labute approximate surface area is 135 Å². The minimum atomic E-state index is -0.571. The molecule has 0 aliphatic carbocycles. The summed E-state index contributed by atoms with van der Waals surface area (Å²) in [5.74, 6) is -0.432. The lowest BCUT2D eigenvalue weighted by atomic mass is 10.0. The van der Waals surface area contributed by atoms with Crippen molar-refractivity contribution < 1.29 is 14.7 Å². The Morgan fingerprint density at radius 1 is 1.22 bits per heavy atom. The highest BCUT2D eigenvalue weighted by molar-refractivity contribution is 6.01. The van der Waals surface area contributed by atoms with Gasteiger partial charge in [-0.15, -0.1) is 0 Å². The molecule has 0 unspecified atom stereocenters. The summed E-state index contributed by atoms with van der Waals surface area (Å²) in [5, 5.41) is 12.6. The number of carbonyl (C=O) groups is 1. The Balaban J connectivity index is 2.22. The molecule has 1 N–H and O–H groups in total. The number of nitrogens with zero attached hydrogens (tertiary/aromatic N) is 2. The first-order valence-electron chi connectivity index (χ1n) is 7.33. The molecule has 1 heterocycles. The van der Waals surface area contributed by atoms with Crippen LogP contribution in [0.25, 0.3) is 0 Å². The van der Waals surface area contributed by atoms with E-state index in [2.05, 4.69) is 10.1 Å². The second kappa shape index (κ2) is 7.05. The van der Waals surface area contributed by atoms with Gasteiger partial charge in [-0.05, 0) is 38.5 Å². The van der Waals surface area contributed by atoms with Gasteiger partial charge in [-0.3, -0.25) is 4.98 Å². The quantitative estimate of drug-likeness (QED) is 0.406. The van der Waals surface area contributed by atoms with E-state index >= 15 is 0 Å². The predicted molar refractivity (Wildman–Crippen MR) is 87.9 cm³/mol. The maximum absolute atomic E-state index is 12.1. The van der Waals surface area contributed by atoms with Crippen LogP contribution in [0, 0.1) is 0 Å². The van der Waals surface area contributed by atoms with E-state index in [1.807, 2.05) is 51.1 Å². The summed E-state index contributed by atoms with van der Waals surface area (Å²) >= 11 is 0. The predicted octanol–water partition coefficient (Wildman–Crippen LogP) is 3.46. The third kappa shape index (κ3) is 4.92. The smallest absolute Gasteiger partial charge is 0.338 e. The first-order chi connectivity index (χ1) is 10.9. The Kier molecular flexibility index (Phi) is 5.11. The topological polar surface area (TPSA) is 71.8 Å². The summed E-state index contributed by atoms with van der Waals surface area (Å²) in [5.41, 5.74) is 1.63. The van der Waals surface area contributed by atoms with E-state index in [9.17, 15) is 10.0 Å².